The van der Waals surface area contributed by atoms with Crippen molar-refractivity contribution in [3.8, 4) is 0 Å². The van der Waals surface area contributed by atoms with Crippen LogP contribution in [0.2, 0.25) is 0 Å². The van der Waals surface area contributed by atoms with Crippen molar-refractivity contribution in [2.45, 2.75) is 32.5 Å². The molecule has 84 valence electrons. The van der Waals surface area contributed by atoms with E-state index in [9.17, 15) is 8.42 Å². The molecule has 5 heteroatoms. The molecule has 0 saturated carbocycles. The Labute approximate surface area is 84.9 Å². The number of aliphatic hydroxyl groups is 2. The Morgan fingerprint density at radius 1 is 1.43 bits per heavy atom. The molecule has 0 aromatic heterocycles. The van der Waals surface area contributed by atoms with Gasteiger partial charge in [-0.1, -0.05) is 6.92 Å². The third-order valence-electron chi connectivity index (χ3n) is 2.96. The van der Waals surface area contributed by atoms with Crippen LogP contribution in [0.15, 0.2) is 0 Å². The van der Waals surface area contributed by atoms with E-state index in [0.717, 1.165) is 6.42 Å². The Kier molecular flexibility index (Phi) is 3.92. The molecule has 2 N–H and O–H groups in total. The Morgan fingerprint density at radius 2 is 2.07 bits per heavy atom. The summed E-state index contributed by atoms with van der Waals surface area (Å²) in [7, 11) is -2.94. The molecule has 1 saturated heterocycles. The van der Waals surface area contributed by atoms with Gasteiger partial charge in [0.1, 0.15) is 0 Å². The lowest BCUT2D eigenvalue weighted by Gasteiger charge is -2.30. The van der Waals surface area contributed by atoms with Crippen LogP contribution in [0.1, 0.15) is 26.2 Å². The smallest absolute Gasteiger partial charge is 0.154 e. The second-order valence-corrected chi connectivity index (χ2v) is 6.23. The molecule has 0 spiro atoms. The average Bonchev–Trinajstić information content (AvgIpc) is 2.02. The monoisotopic (exact) mass is 222 g/mol. The molecule has 0 aromatic carbocycles. The predicted molar refractivity (Wildman–Crippen MR) is 53.4 cm³/mol. The highest BCUT2D eigenvalue weighted by molar-refractivity contribution is 7.91. The average molecular weight is 222 g/mol. The number of aliphatic hydroxyl groups excluding tert-OH is 1. The summed E-state index contributed by atoms with van der Waals surface area (Å²) in [6.45, 7) is 1.85. The van der Waals surface area contributed by atoms with E-state index in [0.29, 0.717) is 12.8 Å². The minimum Gasteiger partial charge on any atom is -0.368 e. The Hall–Kier alpha value is -0.130. The van der Waals surface area contributed by atoms with E-state index in [2.05, 4.69) is 0 Å². The normalized spacial score (nSPS) is 29.0. The standard InChI is InChI=1S/C9H18O4S/c1-2-8(9(10)11)7-4-3-5-14(12,13)6-7/h7-11H,2-6H2,1H3. The van der Waals surface area contributed by atoms with E-state index in [4.69, 9.17) is 10.2 Å². The molecular formula is C9H18O4S. The first-order valence-electron chi connectivity index (χ1n) is 5.03. The van der Waals surface area contributed by atoms with Gasteiger partial charge in [0.05, 0.1) is 11.5 Å². The van der Waals surface area contributed by atoms with Gasteiger partial charge in [-0.25, -0.2) is 8.42 Å². The summed E-state index contributed by atoms with van der Waals surface area (Å²) < 4.78 is 22.7. The molecule has 1 heterocycles. The third kappa shape index (κ3) is 2.93. The molecule has 1 fully saturated rings. The molecule has 14 heavy (non-hydrogen) atoms. The highest BCUT2D eigenvalue weighted by atomic mass is 32.2. The Morgan fingerprint density at radius 3 is 2.50 bits per heavy atom. The van der Waals surface area contributed by atoms with Gasteiger partial charge in [0.2, 0.25) is 0 Å². The summed E-state index contributed by atoms with van der Waals surface area (Å²) in [4.78, 5) is 0. The quantitative estimate of drug-likeness (QED) is 0.666. The maximum atomic E-state index is 11.3. The molecule has 4 nitrogen and oxygen atoms in total. The fourth-order valence-corrected chi connectivity index (χ4v) is 4.02. The maximum Gasteiger partial charge on any atom is 0.154 e. The summed E-state index contributed by atoms with van der Waals surface area (Å²) in [6, 6.07) is 0. The number of hydrogen-bond donors (Lipinski definition) is 2. The van der Waals surface area contributed by atoms with E-state index in [1.54, 1.807) is 0 Å². The molecule has 2 atom stereocenters. The van der Waals surface area contributed by atoms with Crippen molar-refractivity contribution in [1.29, 1.82) is 0 Å². The molecule has 1 rings (SSSR count). The van der Waals surface area contributed by atoms with Gasteiger partial charge in [-0.3, -0.25) is 0 Å². The minimum absolute atomic E-state index is 0.0845. The van der Waals surface area contributed by atoms with Gasteiger partial charge in [0, 0.05) is 5.92 Å². The largest absolute Gasteiger partial charge is 0.368 e. The molecule has 2 unspecified atom stereocenters. The van der Waals surface area contributed by atoms with Gasteiger partial charge in [0.25, 0.3) is 0 Å². The molecule has 0 bridgehead atoms. The second-order valence-electron chi connectivity index (χ2n) is 4.00. The Bertz CT molecular complexity index is 271. The summed E-state index contributed by atoms with van der Waals surface area (Å²) in [6.07, 6.45) is 0.655. The highest BCUT2D eigenvalue weighted by Gasteiger charge is 2.32. The van der Waals surface area contributed by atoms with Gasteiger partial charge < -0.3 is 10.2 Å². The lowest BCUT2D eigenvalue weighted by molar-refractivity contribution is -0.1000. The lowest BCUT2D eigenvalue weighted by Crippen LogP contribution is -2.35. The van der Waals surface area contributed by atoms with Crippen LogP contribution in [-0.4, -0.2) is 36.4 Å². The first-order chi connectivity index (χ1) is 6.46. The second kappa shape index (κ2) is 4.59. The fraction of sp³-hybridized carbons (Fsp3) is 1.00. The van der Waals surface area contributed by atoms with Crippen LogP contribution in [0.3, 0.4) is 0 Å². The summed E-state index contributed by atoms with van der Waals surface area (Å²) in [5.41, 5.74) is 0. The van der Waals surface area contributed by atoms with Gasteiger partial charge in [0.15, 0.2) is 16.1 Å². The maximum absolute atomic E-state index is 11.3. The Balaban J connectivity index is 2.67. The zero-order valence-corrected chi connectivity index (χ0v) is 9.20. The third-order valence-corrected chi connectivity index (χ3v) is 4.80. The van der Waals surface area contributed by atoms with Crippen LogP contribution in [0.25, 0.3) is 0 Å². The first-order valence-corrected chi connectivity index (χ1v) is 6.85. The summed E-state index contributed by atoms with van der Waals surface area (Å²) in [5.74, 6) is -0.0197. The molecule has 0 aromatic rings. The van der Waals surface area contributed by atoms with Crippen molar-refractivity contribution in [2.75, 3.05) is 11.5 Å². The number of rotatable bonds is 3. The van der Waals surface area contributed by atoms with E-state index in [1.807, 2.05) is 6.92 Å². The topological polar surface area (TPSA) is 74.6 Å². The molecule has 1 aliphatic rings. The number of hydrogen-bond acceptors (Lipinski definition) is 4. The highest BCUT2D eigenvalue weighted by Crippen LogP contribution is 2.29. The van der Waals surface area contributed by atoms with E-state index in [-0.39, 0.29) is 23.3 Å². The van der Waals surface area contributed by atoms with Crippen molar-refractivity contribution in [2.24, 2.45) is 11.8 Å². The zero-order chi connectivity index (χ0) is 10.8. The van der Waals surface area contributed by atoms with Crippen LogP contribution >= 0.6 is 0 Å². The van der Waals surface area contributed by atoms with Crippen molar-refractivity contribution in [3.05, 3.63) is 0 Å². The van der Waals surface area contributed by atoms with Crippen molar-refractivity contribution in [3.63, 3.8) is 0 Å². The van der Waals surface area contributed by atoms with Crippen LogP contribution in [0.4, 0.5) is 0 Å². The molecule has 0 radical (unpaired) electrons. The minimum atomic E-state index is -2.94. The van der Waals surface area contributed by atoms with Gasteiger partial charge >= 0.3 is 0 Å². The van der Waals surface area contributed by atoms with Crippen LogP contribution < -0.4 is 0 Å². The molecule has 0 amide bonds. The summed E-state index contributed by atoms with van der Waals surface area (Å²) in [5, 5.41) is 18.2. The number of sulfone groups is 1. The molecule has 1 aliphatic heterocycles. The molecular weight excluding hydrogens is 204 g/mol. The predicted octanol–water partition coefficient (Wildman–Crippen LogP) is 0.148. The first kappa shape index (κ1) is 11.9. The lowest BCUT2D eigenvalue weighted by atomic mass is 9.87. The SMILES string of the molecule is CCC(C(O)O)C1CCCS(=O)(=O)C1. The van der Waals surface area contributed by atoms with Crippen LogP contribution in [-0.2, 0) is 9.84 Å². The van der Waals surface area contributed by atoms with Crippen LogP contribution in [0, 0.1) is 11.8 Å². The van der Waals surface area contributed by atoms with Crippen molar-refractivity contribution in [1.82, 2.24) is 0 Å². The van der Waals surface area contributed by atoms with Crippen molar-refractivity contribution >= 4 is 9.84 Å². The fourth-order valence-electron chi connectivity index (χ4n) is 2.18. The zero-order valence-electron chi connectivity index (χ0n) is 8.39. The van der Waals surface area contributed by atoms with Gasteiger partial charge in [-0.05, 0) is 25.2 Å². The van der Waals surface area contributed by atoms with Crippen LogP contribution in [0.5, 0.6) is 0 Å². The van der Waals surface area contributed by atoms with E-state index in [1.165, 1.54) is 0 Å². The van der Waals surface area contributed by atoms with E-state index >= 15 is 0 Å². The van der Waals surface area contributed by atoms with Gasteiger partial charge in [-0.2, -0.15) is 0 Å². The van der Waals surface area contributed by atoms with Crippen molar-refractivity contribution < 1.29 is 18.6 Å². The molecule has 0 aliphatic carbocycles. The summed E-state index contributed by atoms with van der Waals surface area (Å²) >= 11 is 0. The van der Waals surface area contributed by atoms with E-state index < -0.39 is 16.1 Å². The van der Waals surface area contributed by atoms with Gasteiger partial charge in [-0.15, -0.1) is 0 Å².